The van der Waals surface area contributed by atoms with Crippen LogP contribution in [0, 0.1) is 0 Å². The number of aliphatic hydroxyl groups excluding tert-OH is 1. The standard InChI is InChI=1S/C19H27NO4/c1-19(2,3)24-18(22)20-14-8-9-15(20)11-16(10-14)23-17-7-5-4-6-13(17)12-21/h4-7,14-16,21H,8-12H2,1-3H3/t14-,15+,16+. The fourth-order valence-electron chi connectivity index (χ4n) is 3.77. The molecule has 1 aromatic rings. The number of rotatable bonds is 3. The van der Waals surface area contributed by atoms with Crippen LogP contribution in [0.1, 0.15) is 52.0 Å². The molecule has 0 aliphatic carbocycles. The second-order valence-electron chi connectivity index (χ2n) is 7.75. The first-order chi connectivity index (χ1) is 11.4. The van der Waals surface area contributed by atoms with Crippen molar-refractivity contribution in [1.82, 2.24) is 4.90 Å². The van der Waals surface area contributed by atoms with Crippen molar-refractivity contribution in [3.63, 3.8) is 0 Å². The Labute approximate surface area is 143 Å². The fraction of sp³-hybridized carbons (Fsp3) is 0.632. The van der Waals surface area contributed by atoms with Crippen LogP contribution in [-0.4, -0.2) is 39.9 Å². The van der Waals surface area contributed by atoms with Gasteiger partial charge in [-0.3, -0.25) is 0 Å². The highest BCUT2D eigenvalue weighted by atomic mass is 16.6. The fourth-order valence-corrected chi connectivity index (χ4v) is 3.77. The molecule has 0 aromatic heterocycles. The molecular weight excluding hydrogens is 306 g/mol. The second-order valence-corrected chi connectivity index (χ2v) is 7.75. The molecule has 2 saturated heterocycles. The van der Waals surface area contributed by atoms with Crippen molar-refractivity contribution in [2.75, 3.05) is 0 Å². The van der Waals surface area contributed by atoms with Gasteiger partial charge in [-0.15, -0.1) is 0 Å². The van der Waals surface area contributed by atoms with E-state index in [9.17, 15) is 9.90 Å². The van der Waals surface area contributed by atoms with E-state index >= 15 is 0 Å². The molecule has 5 heteroatoms. The van der Waals surface area contributed by atoms with Crippen LogP contribution in [-0.2, 0) is 11.3 Å². The third-order valence-electron chi connectivity index (χ3n) is 4.73. The van der Waals surface area contributed by atoms with Crippen LogP contribution in [0.5, 0.6) is 5.75 Å². The lowest BCUT2D eigenvalue weighted by Crippen LogP contribution is -2.50. The van der Waals surface area contributed by atoms with Crippen molar-refractivity contribution < 1.29 is 19.4 Å². The molecule has 0 spiro atoms. The smallest absolute Gasteiger partial charge is 0.410 e. The summed E-state index contributed by atoms with van der Waals surface area (Å²) in [6.45, 7) is 5.66. The van der Waals surface area contributed by atoms with Gasteiger partial charge in [0.05, 0.1) is 6.61 Å². The molecule has 2 aliphatic rings. The lowest BCUT2D eigenvalue weighted by Gasteiger charge is -2.39. The highest BCUT2D eigenvalue weighted by molar-refractivity contribution is 5.69. The number of aliphatic hydroxyl groups is 1. The van der Waals surface area contributed by atoms with E-state index in [2.05, 4.69) is 0 Å². The molecule has 0 radical (unpaired) electrons. The number of carbonyl (C=O) groups is 1. The van der Waals surface area contributed by atoms with Crippen molar-refractivity contribution in [3.8, 4) is 5.75 Å². The Kier molecular flexibility index (Phi) is 4.72. The maximum atomic E-state index is 12.5. The Morgan fingerprint density at radius 3 is 2.42 bits per heavy atom. The topological polar surface area (TPSA) is 59.0 Å². The summed E-state index contributed by atoms with van der Waals surface area (Å²) in [7, 11) is 0. The van der Waals surface area contributed by atoms with Crippen LogP contribution in [0.4, 0.5) is 4.79 Å². The molecule has 2 fully saturated rings. The van der Waals surface area contributed by atoms with Gasteiger partial charge in [0.1, 0.15) is 17.5 Å². The minimum atomic E-state index is -0.468. The Morgan fingerprint density at radius 2 is 1.83 bits per heavy atom. The Balaban J connectivity index is 1.66. The average molecular weight is 333 g/mol. The summed E-state index contributed by atoms with van der Waals surface area (Å²) < 4.78 is 11.7. The van der Waals surface area contributed by atoms with Crippen molar-refractivity contribution in [3.05, 3.63) is 29.8 Å². The summed E-state index contributed by atoms with van der Waals surface area (Å²) in [6.07, 6.45) is 3.51. The van der Waals surface area contributed by atoms with Crippen LogP contribution >= 0.6 is 0 Å². The monoisotopic (exact) mass is 333 g/mol. The summed E-state index contributed by atoms with van der Waals surface area (Å²) in [5.74, 6) is 0.745. The number of piperidine rings is 1. The van der Waals surface area contributed by atoms with Gasteiger partial charge in [0.15, 0.2) is 0 Å². The number of amides is 1. The summed E-state index contributed by atoms with van der Waals surface area (Å²) >= 11 is 0. The van der Waals surface area contributed by atoms with Crippen LogP contribution in [0.25, 0.3) is 0 Å². The summed E-state index contributed by atoms with van der Waals surface area (Å²) in [5, 5.41) is 9.44. The first kappa shape index (κ1) is 17.1. The molecular formula is C19H27NO4. The van der Waals surface area contributed by atoms with Crippen molar-refractivity contribution in [2.45, 2.75) is 76.9 Å². The number of nitrogens with zero attached hydrogens (tertiary/aromatic N) is 1. The van der Waals surface area contributed by atoms with Crippen molar-refractivity contribution in [2.24, 2.45) is 0 Å². The molecule has 3 atom stereocenters. The second kappa shape index (κ2) is 6.63. The van der Waals surface area contributed by atoms with E-state index in [1.54, 1.807) is 0 Å². The number of carbonyl (C=O) groups excluding carboxylic acids is 1. The lowest BCUT2D eigenvalue weighted by molar-refractivity contribution is -0.00727. The van der Waals surface area contributed by atoms with Crippen molar-refractivity contribution >= 4 is 6.09 Å². The molecule has 2 heterocycles. The van der Waals surface area contributed by atoms with Gasteiger partial charge in [0.25, 0.3) is 0 Å². The average Bonchev–Trinajstić information content (AvgIpc) is 2.78. The van der Waals surface area contributed by atoms with Gasteiger partial charge in [-0.1, -0.05) is 18.2 Å². The number of ether oxygens (including phenoxy) is 2. The normalized spacial score (nSPS) is 26.3. The van der Waals surface area contributed by atoms with E-state index in [1.807, 2.05) is 49.9 Å². The largest absolute Gasteiger partial charge is 0.490 e. The highest BCUT2D eigenvalue weighted by Gasteiger charge is 2.45. The molecule has 2 aliphatic heterocycles. The highest BCUT2D eigenvalue weighted by Crippen LogP contribution is 2.38. The van der Waals surface area contributed by atoms with Gasteiger partial charge in [0, 0.05) is 30.5 Å². The van der Waals surface area contributed by atoms with Gasteiger partial charge in [-0.05, 0) is 39.7 Å². The van der Waals surface area contributed by atoms with Crippen LogP contribution in [0.15, 0.2) is 24.3 Å². The molecule has 1 amide bonds. The van der Waals surface area contributed by atoms with Crippen LogP contribution in [0.2, 0.25) is 0 Å². The quantitative estimate of drug-likeness (QED) is 0.920. The van der Waals surface area contributed by atoms with Crippen LogP contribution in [0.3, 0.4) is 0 Å². The zero-order chi connectivity index (χ0) is 17.3. The molecule has 2 bridgehead atoms. The summed E-state index contributed by atoms with van der Waals surface area (Å²) in [4.78, 5) is 14.4. The molecule has 0 unspecified atom stereocenters. The number of hydrogen-bond acceptors (Lipinski definition) is 4. The summed E-state index contributed by atoms with van der Waals surface area (Å²) in [6, 6.07) is 7.95. The minimum absolute atomic E-state index is 0.0280. The van der Waals surface area contributed by atoms with Gasteiger partial charge in [0.2, 0.25) is 0 Å². The first-order valence-electron chi connectivity index (χ1n) is 8.74. The van der Waals surface area contributed by atoms with Crippen molar-refractivity contribution in [1.29, 1.82) is 0 Å². The molecule has 0 saturated carbocycles. The number of fused-ring (bicyclic) bond motifs is 2. The van der Waals surface area contributed by atoms with Gasteiger partial charge in [-0.25, -0.2) is 4.79 Å². The van der Waals surface area contributed by atoms with Gasteiger partial charge >= 0.3 is 6.09 Å². The Bertz CT molecular complexity index is 581. The molecule has 1 aromatic carbocycles. The Morgan fingerprint density at radius 1 is 1.21 bits per heavy atom. The zero-order valence-corrected chi connectivity index (χ0v) is 14.7. The summed E-state index contributed by atoms with van der Waals surface area (Å²) in [5.41, 5.74) is 0.337. The Hall–Kier alpha value is -1.75. The lowest BCUT2D eigenvalue weighted by atomic mass is 10.00. The van der Waals surface area contributed by atoms with E-state index in [4.69, 9.17) is 9.47 Å². The molecule has 5 nitrogen and oxygen atoms in total. The number of benzene rings is 1. The van der Waals surface area contributed by atoms with Gasteiger partial charge < -0.3 is 19.5 Å². The predicted molar refractivity (Wildman–Crippen MR) is 90.9 cm³/mol. The maximum Gasteiger partial charge on any atom is 0.410 e. The van der Waals surface area contributed by atoms with E-state index in [1.165, 1.54) is 0 Å². The zero-order valence-electron chi connectivity index (χ0n) is 14.7. The minimum Gasteiger partial charge on any atom is -0.490 e. The molecule has 3 rings (SSSR count). The van der Waals surface area contributed by atoms with E-state index in [0.717, 1.165) is 37.0 Å². The molecule has 1 N–H and O–H groups in total. The number of hydrogen-bond donors (Lipinski definition) is 1. The van der Waals surface area contributed by atoms with Crippen LogP contribution < -0.4 is 4.74 Å². The van der Waals surface area contributed by atoms with Gasteiger partial charge in [-0.2, -0.15) is 0 Å². The third-order valence-corrected chi connectivity index (χ3v) is 4.73. The third kappa shape index (κ3) is 3.66. The van der Waals surface area contributed by atoms with E-state index in [0.29, 0.717) is 0 Å². The van der Waals surface area contributed by atoms with E-state index in [-0.39, 0.29) is 30.9 Å². The molecule has 24 heavy (non-hydrogen) atoms. The predicted octanol–water partition coefficient (Wildman–Crippen LogP) is 3.49. The SMILES string of the molecule is CC(C)(C)OC(=O)N1[C@@H]2CC[C@H]1C[C@@H](Oc1ccccc1CO)C2. The number of para-hydroxylation sites is 1. The van der Waals surface area contributed by atoms with E-state index < -0.39 is 5.60 Å². The maximum absolute atomic E-state index is 12.5. The first-order valence-corrected chi connectivity index (χ1v) is 8.74. The molecule has 132 valence electrons.